The van der Waals surface area contributed by atoms with E-state index < -0.39 is 0 Å². The quantitative estimate of drug-likeness (QED) is 0.557. The zero-order valence-corrected chi connectivity index (χ0v) is 7.45. The summed E-state index contributed by atoms with van der Waals surface area (Å²) in [5.41, 5.74) is 12.3. The molecule has 0 heterocycles. The minimum absolute atomic E-state index is 0.519. The first-order valence-corrected chi connectivity index (χ1v) is 5.27. The monoisotopic (exact) mass is 166 g/mol. The summed E-state index contributed by atoms with van der Waals surface area (Å²) in [5, 5.41) is 0. The maximum atomic E-state index is 6.17. The van der Waals surface area contributed by atoms with E-state index in [1.54, 1.807) is 0 Å². The molecule has 0 aromatic rings. The van der Waals surface area contributed by atoms with Gasteiger partial charge in [-0.2, -0.15) is 0 Å². The highest BCUT2D eigenvalue weighted by atomic mass is 14.8. The first-order valence-electron chi connectivity index (χ1n) is 5.27. The predicted octanol–water partition coefficient (Wildman–Crippen LogP) is 0.707. The lowest BCUT2D eigenvalue weighted by molar-refractivity contribution is -0.0171. The van der Waals surface area contributed by atoms with Crippen LogP contribution >= 0.6 is 0 Å². The van der Waals surface area contributed by atoms with Gasteiger partial charge in [-0.25, -0.2) is 0 Å². The molecular weight excluding hydrogens is 148 g/mol. The summed E-state index contributed by atoms with van der Waals surface area (Å²) in [4.78, 5) is 0. The van der Waals surface area contributed by atoms with Gasteiger partial charge in [-0.05, 0) is 49.4 Å². The van der Waals surface area contributed by atoms with Gasteiger partial charge in [0.15, 0.2) is 0 Å². The largest absolute Gasteiger partial charge is 0.327 e. The van der Waals surface area contributed by atoms with E-state index in [1.165, 1.54) is 25.7 Å². The molecule has 6 aliphatic rings. The van der Waals surface area contributed by atoms with Crippen molar-refractivity contribution in [2.45, 2.75) is 37.8 Å². The van der Waals surface area contributed by atoms with Gasteiger partial charge < -0.3 is 11.5 Å². The van der Waals surface area contributed by atoms with Crippen LogP contribution in [0.1, 0.15) is 25.7 Å². The van der Waals surface area contributed by atoms with E-state index in [0.717, 1.165) is 23.7 Å². The fourth-order valence-corrected chi connectivity index (χ4v) is 3.44. The standard InChI is InChI=1S/C10H18N2/c11-9-5-1-6(2-5)10(12)8-3-7(9)4-8/h5-10H,1-4,11-12H2. The molecule has 0 radical (unpaired) electrons. The van der Waals surface area contributed by atoms with Crippen LogP contribution in [0.25, 0.3) is 0 Å². The van der Waals surface area contributed by atoms with Crippen molar-refractivity contribution in [2.24, 2.45) is 35.1 Å². The Morgan fingerprint density at radius 3 is 1.08 bits per heavy atom. The van der Waals surface area contributed by atoms with Crippen molar-refractivity contribution in [3.05, 3.63) is 0 Å². The van der Waals surface area contributed by atoms with Crippen LogP contribution in [0.15, 0.2) is 0 Å². The van der Waals surface area contributed by atoms with Crippen molar-refractivity contribution in [1.82, 2.24) is 0 Å². The van der Waals surface area contributed by atoms with Crippen molar-refractivity contribution < 1.29 is 0 Å². The fraction of sp³-hybridized carbons (Fsp3) is 1.00. The Morgan fingerprint density at radius 2 is 0.833 bits per heavy atom. The summed E-state index contributed by atoms with van der Waals surface area (Å²) in [6.07, 6.45) is 5.31. The van der Waals surface area contributed by atoms with Gasteiger partial charge in [-0.15, -0.1) is 0 Å². The molecule has 0 aromatic heterocycles. The second kappa shape index (κ2) is 2.24. The first-order chi connectivity index (χ1) is 5.75. The highest BCUT2D eigenvalue weighted by Crippen LogP contribution is 2.52. The van der Waals surface area contributed by atoms with Gasteiger partial charge in [0, 0.05) is 12.1 Å². The van der Waals surface area contributed by atoms with Gasteiger partial charge >= 0.3 is 0 Å². The van der Waals surface area contributed by atoms with Crippen molar-refractivity contribution in [2.75, 3.05) is 0 Å². The summed E-state index contributed by atoms with van der Waals surface area (Å²) in [5.74, 6) is 3.30. The third kappa shape index (κ3) is 0.775. The molecule has 0 unspecified atom stereocenters. The zero-order valence-electron chi connectivity index (χ0n) is 7.45. The minimum Gasteiger partial charge on any atom is -0.327 e. The van der Waals surface area contributed by atoms with Crippen LogP contribution in [0.3, 0.4) is 0 Å². The summed E-state index contributed by atoms with van der Waals surface area (Å²) >= 11 is 0. The van der Waals surface area contributed by atoms with Crippen molar-refractivity contribution in [3.8, 4) is 0 Å². The van der Waals surface area contributed by atoms with E-state index >= 15 is 0 Å². The Kier molecular flexibility index (Phi) is 1.37. The Morgan fingerprint density at radius 1 is 0.583 bits per heavy atom. The van der Waals surface area contributed by atoms with Gasteiger partial charge in [-0.1, -0.05) is 0 Å². The Balaban J connectivity index is 1.81. The Labute approximate surface area is 73.7 Å². The fourth-order valence-electron chi connectivity index (χ4n) is 3.44. The summed E-state index contributed by atoms with van der Waals surface area (Å²) in [6.45, 7) is 0. The van der Waals surface area contributed by atoms with Crippen molar-refractivity contribution >= 4 is 0 Å². The van der Waals surface area contributed by atoms with E-state index in [4.69, 9.17) is 11.5 Å². The lowest BCUT2D eigenvalue weighted by atomic mass is 9.52. The smallest absolute Gasteiger partial charge is 0.00960 e. The van der Waals surface area contributed by atoms with Crippen LogP contribution in [0.4, 0.5) is 0 Å². The van der Waals surface area contributed by atoms with E-state index in [0.29, 0.717) is 12.1 Å². The maximum absolute atomic E-state index is 6.17. The van der Waals surface area contributed by atoms with Gasteiger partial charge in [0.05, 0.1) is 0 Å². The molecule has 0 atom stereocenters. The van der Waals surface area contributed by atoms with Crippen LogP contribution in [-0.4, -0.2) is 12.1 Å². The molecule has 2 heteroatoms. The third-order valence-corrected chi connectivity index (χ3v) is 4.60. The van der Waals surface area contributed by atoms with Crippen LogP contribution in [-0.2, 0) is 0 Å². The molecular formula is C10H18N2. The lowest BCUT2D eigenvalue weighted by Crippen LogP contribution is -2.60. The normalized spacial score (nSPS) is 62.5. The van der Waals surface area contributed by atoms with Crippen molar-refractivity contribution in [1.29, 1.82) is 0 Å². The highest BCUT2D eigenvalue weighted by Gasteiger charge is 2.50. The van der Waals surface area contributed by atoms with E-state index in [9.17, 15) is 0 Å². The Hall–Kier alpha value is -0.0800. The molecule has 6 aliphatic carbocycles. The zero-order chi connectivity index (χ0) is 8.29. The molecule has 0 spiro atoms. The van der Waals surface area contributed by atoms with E-state index in [1.807, 2.05) is 0 Å². The topological polar surface area (TPSA) is 52.0 Å². The third-order valence-electron chi connectivity index (χ3n) is 4.60. The Bertz CT molecular complexity index is 154. The molecule has 0 amide bonds. The summed E-state index contributed by atoms with van der Waals surface area (Å²) in [7, 11) is 0. The van der Waals surface area contributed by atoms with Gasteiger partial charge in [0.1, 0.15) is 0 Å². The molecule has 4 N–H and O–H groups in total. The predicted molar refractivity (Wildman–Crippen MR) is 48.4 cm³/mol. The van der Waals surface area contributed by atoms with Crippen molar-refractivity contribution in [3.63, 3.8) is 0 Å². The molecule has 68 valence electrons. The van der Waals surface area contributed by atoms with Crippen LogP contribution in [0.5, 0.6) is 0 Å². The second-order valence-corrected chi connectivity index (χ2v) is 5.14. The number of nitrogens with two attached hydrogens (primary N) is 2. The van der Waals surface area contributed by atoms with Gasteiger partial charge in [-0.3, -0.25) is 0 Å². The SMILES string of the molecule is NC1C2CC(C2)C(N)C2CC1C2. The lowest BCUT2D eigenvalue weighted by Gasteiger charge is -2.56. The van der Waals surface area contributed by atoms with Crippen LogP contribution in [0.2, 0.25) is 0 Å². The molecule has 0 aliphatic heterocycles. The molecule has 12 heavy (non-hydrogen) atoms. The van der Waals surface area contributed by atoms with Gasteiger partial charge in [0.25, 0.3) is 0 Å². The second-order valence-electron chi connectivity index (χ2n) is 5.14. The molecule has 0 saturated heterocycles. The first kappa shape index (κ1) is 7.34. The summed E-state index contributed by atoms with van der Waals surface area (Å²) < 4.78 is 0. The molecule has 6 rings (SSSR count). The summed E-state index contributed by atoms with van der Waals surface area (Å²) in [6, 6.07) is 1.04. The molecule has 6 fully saturated rings. The average molecular weight is 166 g/mol. The van der Waals surface area contributed by atoms with Gasteiger partial charge in [0.2, 0.25) is 0 Å². The molecule has 4 bridgehead atoms. The molecule has 2 nitrogen and oxygen atoms in total. The minimum atomic E-state index is 0.519. The highest BCUT2D eigenvalue weighted by molar-refractivity contribution is 5.05. The van der Waals surface area contributed by atoms with Crippen LogP contribution in [0, 0.1) is 23.7 Å². The molecule has 0 aromatic carbocycles. The maximum Gasteiger partial charge on any atom is 0.00960 e. The van der Waals surface area contributed by atoms with Crippen LogP contribution < -0.4 is 11.5 Å². The number of hydrogen-bond donors (Lipinski definition) is 2. The van der Waals surface area contributed by atoms with E-state index in [-0.39, 0.29) is 0 Å². The number of rotatable bonds is 0. The molecule has 6 saturated carbocycles. The number of hydrogen-bond acceptors (Lipinski definition) is 2. The van der Waals surface area contributed by atoms with E-state index in [2.05, 4.69) is 0 Å². The average Bonchev–Trinajstić information content (AvgIpc) is 1.76.